The maximum absolute atomic E-state index is 4.61. The standard InChI is InChI=1S/C14H12N.C7H8N.CH3.Al/c1-12-7-5-6-8-13(12)11-15-14-9-3-2-4-10-14;1-6-2-4-7(8)5-3-6;;/h2-11H,1H2;2-5,8H,1H3;1H3;/q;-1;;+1. The van der Waals surface area contributed by atoms with E-state index in [9.17, 15) is 0 Å². The van der Waals surface area contributed by atoms with Gasteiger partial charge >= 0.3 is 14.4 Å². The Bertz CT molecular complexity index is 826. The van der Waals surface area contributed by atoms with Crippen LogP contribution >= 0.6 is 0 Å². The number of nitrogens with one attached hydrogen (secondary N) is 1. The van der Waals surface area contributed by atoms with Crippen molar-refractivity contribution in [3.05, 3.63) is 95.6 Å². The van der Waals surface area contributed by atoms with Gasteiger partial charge in [0.1, 0.15) is 0 Å². The van der Waals surface area contributed by atoms with E-state index in [-0.39, 0.29) is 0 Å². The smallest absolute Gasteiger partial charge is 0.412 e. The first-order valence-corrected chi connectivity index (χ1v) is 11.3. The van der Waals surface area contributed by atoms with Gasteiger partial charge in [-0.25, -0.2) is 0 Å². The number of aryl methyl sites for hydroxylation is 1. The highest BCUT2D eigenvalue weighted by Crippen LogP contribution is 2.15. The van der Waals surface area contributed by atoms with Gasteiger partial charge in [0, 0.05) is 11.9 Å². The first kappa shape index (κ1) is 17.5. The molecule has 2 nitrogen and oxygen atoms in total. The molecular weight excluding hydrogens is 319 g/mol. The zero-order chi connectivity index (χ0) is 17.5. The van der Waals surface area contributed by atoms with Gasteiger partial charge < -0.3 is 4.30 Å². The number of anilines is 1. The zero-order valence-corrected chi connectivity index (χ0v) is 16.0. The summed E-state index contributed by atoms with van der Waals surface area (Å²) in [5, 5.41) is 1.09. The summed E-state index contributed by atoms with van der Waals surface area (Å²) in [4.78, 5) is 4.61. The molecule has 0 aliphatic rings. The summed E-state index contributed by atoms with van der Waals surface area (Å²) in [6, 6.07) is 27.3. The van der Waals surface area contributed by atoms with Crippen molar-refractivity contribution < 1.29 is 0 Å². The average Bonchev–Trinajstić information content (AvgIpc) is 2.64. The first-order valence-electron chi connectivity index (χ1n) is 8.71. The van der Waals surface area contributed by atoms with Crippen LogP contribution in [-0.2, 0) is 5.28 Å². The molecule has 3 rings (SSSR count). The number of hydrogen-bond acceptors (Lipinski definition) is 2. The largest absolute Gasteiger partial charge is 0.476 e. The van der Waals surface area contributed by atoms with E-state index in [1.54, 1.807) is 0 Å². The van der Waals surface area contributed by atoms with Crippen LogP contribution in [0.5, 0.6) is 0 Å². The molecule has 0 atom stereocenters. The van der Waals surface area contributed by atoms with E-state index in [4.69, 9.17) is 0 Å². The summed E-state index contributed by atoms with van der Waals surface area (Å²) in [5.41, 5.74) is 6.07. The van der Waals surface area contributed by atoms with Gasteiger partial charge in [-0.2, -0.15) is 0 Å². The lowest BCUT2D eigenvalue weighted by Crippen LogP contribution is -2.24. The van der Waals surface area contributed by atoms with Gasteiger partial charge in [0.25, 0.3) is 0 Å². The predicted octanol–water partition coefficient (Wildman–Crippen LogP) is 5.56. The van der Waals surface area contributed by atoms with Crippen LogP contribution in [0.15, 0.2) is 83.9 Å². The molecule has 0 saturated heterocycles. The fourth-order valence-electron chi connectivity index (χ4n) is 2.82. The minimum absolute atomic E-state index is 0.986. The summed E-state index contributed by atoms with van der Waals surface area (Å²) in [6.07, 6.45) is 1.98. The Balaban J connectivity index is 1.70. The van der Waals surface area contributed by atoms with Crippen LogP contribution in [0.25, 0.3) is 0 Å². The lowest BCUT2D eigenvalue weighted by atomic mass is 10.1. The molecule has 0 aromatic heterocycles. The van der Waals surface area contributed by atoms with Crippen molar-refractivity contribution in [1.29, 1.82) is 0 Å². The molecular formula is C22H23AlN2. The van der Waals surface area contributed by atoms with Crippen molar-refractivity contribution in [3.8, 4) is 0 Å². The lowest BCUT2D eigenvalue weighted by molar-refractivity contribution is 1.33. The van der Waals surface area contributed by atoms with Crippen molar-refractivity contribution in [2.75, 3.05) is 4.30 Å². The third-order valence-electron chi connectivity index (χ3n) is 4.15. The number of benzene rings is 3. The monoisotopic (exact) mass is 342 g/mol. The van der Waals surface area contributed by atoms with E-state index >= 15 is 0 Å². The summed E-state index contributed by atoms with van der Waals surface area (Å²) in [7, 11) is 0. The molecule has 0 amide bonds. The van der Waals surface area contributed by atoms with Crippen molar-refractivity contribution in [1.82, 2.24) is 0 Å². The highest BCUT2D eigenvalue weighted by Gasteiger charge is 2.14. The van der Waals surface area contributed by atoms with Gasteiger partial charge in [-0.05, 0) is 42.0 Å². The lowest BCUT2D eigenvalue weighted by Gasteiger charge is -2.13. The molecule has 0 bridgehead atoms. The van der Waals surface area contributed by atoms with E-state index in [2.05, 4.69) is 70.5 Å². The second-order valence-corrected chi connectivity index (χ2v) is 8.91. The normalized spacial score (nSPS) is 10.8. The number of nitrogens with zero attached hydrogens (tertiary/aromatic N) is 1. The molecule has 3 aromatic carbocycles. The molecule has 0 aliphatic heterocycles. The van der Waals surface area contributed by atoms with Crippen LogP contribution in [0, 0.1) is 6.92 Å². The van der Waals surface area contributed by atoms with E-state index in [1.807, 2.05) is 36.5 Å². The SMILES string of the molecule is Cc1ccc([NH][Al]([CH3])[CH2]c2ccccc2C=Nc2ccccc2)cc1. The Kier molecular flexibility index (Phi) is 6.06. The average molecular weight is 342 g/mol. The minimum Gasteiger partial charge on any atom is -0.476 e. The number of para-hydroxylation sites is 1. The Hall–Kier alpha value is -2.34. The maximum atomic E-state index is 4.61. The molecule has 3 aromatic rings. The third-order valence-corrected chi connectivity index (χ3v) is 6.03. The first-order chi connectivity index (χ1) is 12.2. The second-order valence-electron chi connectivity index (χ2n) is 6.41. The Morgan fingerprint density at radius 1 is 0.880 bits per heavy atom. The van der Waals surface area contributed by atoms with Crippen molar-refractivity contribution in [2.24, 2.45) is 4.99 Å². The molecule has 124 valence electrons. The van der Waals surface area contributed by atoms with Crippen LogP contribution in [0.4, 0.5) is 11.4 Å². The quantitative estimate of drug-likeness (QED) is 0.460. The van der Waals surface area contributed by atoms with Gasteiger partial charge in [0.05, 0.1) is 5.69 Å². The molecule has 25 heavy (non-hydrogen) atoms. The van der Waals surface area contributed by atoms with Gasteiger partial charge in [0.2, 0.25) is 0 Å². The number of rotatable bonds is 6. The van der Waals surface area contributed by atoms with Gasteiger partial charge in [-0.15, -0.1) is 0 Å². The summed E-state index contributed by atoms with van der Waals surface area (Å²) in [5.74, 6) is 2.35. The molecule has 0 saturated carbocycles. The fourth-order valence-corrected chi connectivity index (χ4v) is 4.71. The van der Waals surface area contributed by atoms with E-state index in [1.165, 1.54) is 22.4 Å². The Morgan fingerprint density at radius 2 is 1.56 bits per heavy atom. The fraction of sp³-hybridized carbons (Fsp3) is 0.136. The van der Waals surface area contributed by atoms with Crippen LogP contribution in [0.3, 0.4) is 0 Å². The minimum atomic E-state index is -1.11. The Morgan fingerprint density at radius 3 is 2.32 bits per heavy atom. The summed E-state index contributed by atoms with van der Waals surface area (Å²) in [6.45, 7) is 2.12. The Labute approximate surface area is 154 Å². The summed E-state index contributed by atoms with van der Waals surface area (Å²) < 4.78 is 3.71. The van der Waals surface area contributed by atoms with E-state index < -0.39 is 14.4 Å². The highest BCUT2D eigenvalue weighted by atomic mass is 27.2. The third kappa shape index (κ3) is 5.32. The number of hydrogen-bond donors (Lipinski definition) is 1. The molecule has 0 heterocycles. The molecule has 3 heteroatoms. The van der Waals surface area contributed by atoms with Crippen LogP contribution < -0.4 is 4.30 Å². The second kappa shape index (κ2) is 8.67. The van der Waals surface area contributed by atoms with Gasteiger partial charge in [-0.3, -0.25) is 4.99 Å². The molecule has 0 unspecified atom stereocenters. The molecule has 0 fully saturated rings. The van der Waals surface area contributed by atoms with Crippen LogP contribution in [0.2, 0.25) is 5.79 Å². The van der Waals surface area contributed by atoms with Crippen molar-refractivity contribution in [3.63, 3.8) is 0 Å². The van der Waals surface area contributed by atoms with E-state index in [0.29, 0.717) is 0 Å². The number of aliphatic imine (C=N–C) groups is 1. The topological polar surface area (TPSA) is 24.4 Å². The van der Waals surface area contributed by atoms with Crippen LogP contribution in [0.1, 0.15) is 16.7 Å². The molecule has 0 spiro atoms. The maximum Gasteiger partial charge on any atom is 0.412 e. The van der Waals surface area contributed by atoms with Crippen molar-refractivity contribution >= 4 is 32.0 Å². The highest BCUT2D eigenvalue weighted by molar-refractivity contribution is 6.60. The van der Waals surface area contributed by atoms with Crippen LogP contribution in [-0.4, -0.2) is 20.6 Å². The molecule has 1 N–H and O–H groups in total. The molecule has 0 aliphatic carbocycles. The molecule has 0 radical (unpaired) electrons. The predicted molar refractivity (Wildman–Crippen MR) is 110 cm³/mol. The van der Waals surface area contributed by atoms with E-state index in [0.717, 1.165) is 11.0 Å². The summed E-state index contributed by atoms with van der Waals surface area (Å²) >= 11 is -1.11. The van der Waals surface area contributed by atoms with Crippen molar-refractivity contribution in [2.45, 2.75) is 18.0 Å². The van der Waals surface area contributed by atoms with Gasteiger partial charge in [0.15, 0.2) is 0 Å². The van der Waals surface area contributed by atoms with Gasteiger partial charge in [-0.1, -0.05) is 71.5 Å². The zero-order valence-electron chi connectivity index (χ0n) is 14.8.